The van der Waals surface area contributed by atoms with Crippen molar-refractivity contribution in [2.45, 2.75) is 6.54 Å². The van der Waals surface area contributed by atoms with Crippen molar-refractivity contribution in [3.8, 4) is 28.4 Å². The van der Waals surface area contributed by atoms with E-state index in [0.717, 1.165) is 33.9 Å². The molecule has 0 bridgehead atoms. The Labute approximate surface area is 119 Å². The zero-order valence-corrected chi connectivity index (χ0v) is 12.0. The standard InChI is InChI=1S/C16H19NO3/c1-18-13-5-7-16(20-3)14(9-13)11-4-6-15(19-2)12(8-11)10-17/h4-9H,10,17H2,1-3H3. The lowest BCUT2D eigenvalue weighted by molar-refractivity contribution is 0.404. The van der Waals surface area contributed by atoms with Crippen LogP contribution in [0.2, 0.25) is 0 Å². The smallest absolute Gasteiger partial charge is 0.126 e. The van der Waals surface area contributed by atoms with Crippen LogP contribution < -0.4 is 19.9 Å². The third-order valence-electron chi connectivity index (χ3n) is 3.22. The van der Waals surface area contributed by atoms with Gasteiger partial charge in [-0.25, -0.2) is 0 Å². The van der Waals surface area contributed by atoms with Gasteiger partial charge in [-0.2, -0.15) is 0 Å². The molecule has 0 heterocycles. The lowest BCUT2D eigenvalue weighted by Crippen LogP contribution is -2.00. The molecule has 0 atom stereocenters. The van der Waals surface area contributed by atoms with E-state index in [2.05, 4.69) is 0 Å². The number of benzene rings is 2. The van der Waals surface area contributed by atoms with Gasteiger partial charge in [0.2, 0.25) is 0 Å². The van der Waals surface area contributed by atoms with Gasteiger partial charge >= 0.3 is 0 Å². The maximum atomic E-state index is 5.76. The number of rotatable bonds is 5. The molecule has 0 aliphatic rings. The molecule has 4 nitrogen and oxygen atoms in total. The molecule has 2 aromatic rings. The van der Waals surface area contributed by atoms with E-state index in [1.54, 1.807) is 21.3 Å². The van der Waals surface area contributed by atoms with Crippen LogP contribution in [0.5, 0.6) is 17.2 Å². The second-order valence-corrected chi connectivity index (χ2v) is 4.30. The average molecular weight is 273 g/mol. The van der Waals surface area contributed by atoms with Gasteiger partial charge in [0.1, 0.15) is 17.2 Å². The zero-order chi connectivity index (χ0) is 14.5. The number of hydrogen-bond acceptors (Lipinski definition) is 4. The van der Waals surface area contributed by atoms with Crippen LogP contribution in [-0.2, 0) is 6.54 Å². The fourth-order valence-corrected chi connectivity index (χ4v) is 2.15. The lowest BCUT2D eigenvalue weighted by Gasteiger charge is -2.13. The van der Waals surface area contributed by atoms with Crippen LogP contribution in [0.3, 0.4) is 0 Å². The predicted octanol–water partition coefficient (Wildman–Crippen LogP) is 2.84. The highest BCUT2D eigenvalue weighted by Crippen LogP contribution is 2.35. The van der Waals surface area contributed by atoms with E-state index in [1.807, 2.05) is 36.4 Å². The van der Waals surface area contributed by atoms with Crippen molar-refractivity contribution >= 4 is 0 Å². The quantitative estimate of drug-likeness (QED) is 0.910. The van der Waals surface area contributed by atoms with Gasteiger partial charge in [0.25, 0.3) is 0 Å². The normalized spacial score (nSPS) is 10.2. The van der Waals surface area contributed by atoms with Crippen LogP contribution in [0.15, 0.2) is 36.4 Å². The molecule has 0 saturated heterocycles. The molecule has 20 heavy (non-hydrogen) atoms. The fourth-order valence-electron chi connectivity index (χ4n) is 2.15. The summed E-state index contributed by atoms with van der Waals surface area (Å²) in [5.41, 5.74) is 8.70. The summed E-state index contributed by atoms with van der Waals surface area (Å²) >= 11 is 0. The van der Waals surface area contributed by atoms with Crippen molar-refractivity contribution < 1.29 is 14.2 Å². The van der Waals surface area contributed by atoms with Crippen molar-refractivity contribution in [2.24, 2.45) is 5.73 Å². The van der Waals surface area contributed by atoms with E-state index >= 15 is 0 Å². The molecule has 0 aliphatic heterocycles. The summed E-state index contributed by atoms with van der Waals surface area (Å²) in [5.74, 6) is 2.36. The third kappa shape index (κ3) is 2.70. The monoisotopic (exact) mass is 273 g/mol. The van der Waals surface area contributed by atoms with E-state index in [0.29, 0.717) is 6.54 Å². The van der Waals surface area contributed by atoms with Crippen LogP contribution in [-0.4, -0.2) is 21.3 Å². The lowest BCUT2D eigenvalue weighted by atomic mass is 10.0. The summed E-state index contributed by atoms with van der Waals surface area (Å²) in [6.07, 6.45) is 0. The Kier molecular flexibility index (Phi) is 4.48. The molecule has 2 aromatic carbocycles. The Bertz CT molecular complexity index is 596. The van der Waals surface area contributed by atoms with Gasteiger partial charge in [-0.3, -0.25) is 0 Å². The van der Waals surface area contributed by atoms with Crippen molar-refractivity contribution in [2.75, 3.05) is 21.3 Å². The van der Waals surface area contributed by atoms with E-state index < -0.39 is 0 Å². The van der Waals surface area contributed by atoms with Crippen molar-refractivity contribution in [1.29, 1.82) is 0 Å². The van der Waals surface area contributed by atoms with Crippen molar-refractivity contribution in [1.82, 2.24) is 0 Å². The molecule has 0 saturated carbocycles. The van der Waals surface area contributed by atoms with Crippen LogP contribution in [0.4, 0.5) is 0 Å². The summed E-state index contributed by atoms with van der Waals surface area (Å²) in [4.78, 5) is 0. The molecule has 4 heteroatoms. The Balaban J connectivity index is 2.55. The molecule has 0 amide bonds. The highest BCUT2D eigenvalue weighted by Gasteiger charge is 2.10. The summed E-state index contributed by atoms with van der Waals surface area (Å²) in [6.45, 7) is 0.420. The summed E-state index contributed by atoms with van der Waals surface area (Å²) in [6, 6.07) is 11.6. The zero-order valence-electron chi connectivity index (χ0n) is 12.0. The second kappa shape index (κ2) is 6.30. The molecule has 0 fully saturated rings. The molecule has 2 rings (SSSR count). The number of nitrogens with two attached hydrogens (primary N) is 1. The van der Waals surface area contributed by atoms with Gasteiger partial charge in [0.05, 0.1) is 21.3 Å². The number of hydrogen-bond donors (Lipinski definition) is 1. The Morgan fingerprint density at radius 2 is 1.55 bits per heavy atom. The van der Waals surface area contributed by atoms with Gasteiger partial charge in [-0.05, 0) is 35.9 Å². The molecule has 0 spiro atoms. The van der Waals surface area contributed by atoms with Crippen LogP contribution in [0, 0.1) is 0 Å². The maximum Gasteiger partial charge on any atom is 0.126 e. The minimum Gasteiger partial charge on any atom is -0.497 e. The molecule has 2 N–H and O–H groups in total. The maximum absolute atomic E-state index is 5.76. The average Bonchev–Trinajstić information content (AvgIpc) is 2.53. The van der Waals surface area contributed by atoms with Gasteiger partial charge < -0.3 is 19.9 Å². The second-order valence-electron chi connectivity index (χ2n) is 4.30. The molecule has 0 unspecified atom stereocenters. The first-order valence-electron chi connectivity index (χ1n) is 6.32. The summed E-state index contributed by atoms with van der Waals surface area (Å²) in [7, 11) is 4.93. The van der Waals surface area contributed by atoms with E-state index in [1.165, 1.54) is 0 Å². The molecule has 106 valence electrons. The molecule has 0 aliphatic carbocycles. The van der Waals surface area contributed by atoms with E-state index in [4.69, 9.17) is 19.9 Å². The molecule has 0 radical (unpaired) electrons. The first-order chi connectivity index (χ1) is 9.73. The highest BCUT2D eigenvalue weighted by molar-refractivity contribution is 5.73. The minimum absolute atomic E-state index is 0.420. The van der Waals surface area contributed by atoms with E-state index in [-0.39, 0.29) is 0 Å². The van der Waals surface area contributed by atoms with Gasteiger partial charge in [0, 0.05) is 17.7 Å². The number of ether oxygens (including phenoxy) is 3. The molecule has 0 aromatic heterocycles. The Morgan fingerprint density at radius 3 is 2.15 bits per heavy atom. The number of methoxy groups -OCH3 is 3. The van der Waals surface area contributed by atoms with Crippen LogP contribution in [0.25, 0.3) is 11.1 Å². The Morgan fingerprint density at radius 1 is 0.850 bits per heavy atom. The summed E-state index contributed by atoms with van der Waals surface area (Å²) < 4.78 is 16.0. The first kappa shape index (κ1) is 14.2. The predicted molar refractivity (Wildman–Crippen MR) is 79.4 cm³/mol. The molecular formula is C16H19NO3. The molecular weight excluding hydrogens is 254 g/mol. The minimum atomic E-state index is 0.420. The first-order valence-corrected chi connectivity index (χ1v) is 6.32. The van der Waals surface area contributed by atoms with Gasteiger partial charge in [0.15, 0.2) is 0 Å². The van der Waals surface area contributed by atoms with Gasteiger partial charge in [-0.1, -0.05) is 6.07 Å². The largest absolute Gasteiger partial charge is 0.497 e. The topological polar surface area (TPSA) is 53.7 Å². The highest BCUT2D eigenvalue weighted by atomic mass is 16.5. The SMILES string of the molecule is COc1ccc(OC)c(-c2ccc(OC)c(CN)c2)c1. The van der Waals surface area contributed by atoms with Crippen LogP contribution in [0.1, 0.15) is 5.56 Å². The van der Waals surface area contributed by atoms with Crippen molar-refractivity contribution in [3.05, 3.63) is 42.0 Å². The summed E-state index contributed by atoms with van der Waals surface area (Å²) in [5, 5.41) is 0. The Hall–Kier alpha value is -2.20. The van der Waals surface area contributed by atoms with Crippen molar-refractivity contribution in [3.63, 3.8) is 0 Å². The van der Waals surface area contributed by atoms with Crippen LogP contribution >= 0.6 is 0 Å². The fraction of sp³-hybridized carbons (Fsp3) is 0.250. The van der Waals surface area contributed by atoms with E-state index in [9.17, 15) is 0 Å². The third-order valence-corrected chi connectivity index (χ3v) is 3.22. The van der Waals surface area contributed by atoms with Gasteiger partial charge in [-0.15, -0.1) is 0 Å².